The van der Waals surface area contributed by atoms with Crippen molar-refractivity contribution in [1.82, 2.24) is 9.97 Å². The third-order valence-electron chi connectivity index (χ3n) is 5.49. The van der Waals surface area contributed by atoms with Gasteiger partial charge in [-0.1, -0.05) is 31.2 Å². The average Bonchev–Trinajstić information content (AvgIpc) is 3.68. The Bertz CT molecular complexity index is 1290. The molecule has 33 heavy (non-hydrogen) atoms. The molecule has 0 atom stereocenters. The van der Waals surface area contributed by atoms with Gasteiger partial charge in [0.2, 0.25) is 0 Å². The number of hydrazine groups is 1. The number of anilines is 2. The Hall–Kier alpha value is -3.11. The summed E-state index contributed by atoms with van der Waals surface area (Å²) < 4.78 is 25.7. The number of hydrogen-bond acceptors (Lipinski definition) is 8. The summed E-state index contributed by atoms with van der Waals surface area (Å²) in [6, 6.07) is 11.3. The summed E-state index contributed by atoms with van der Waals surface area (Å²) in [6.45, 7) is 1.57. The number of hydrogen-bond donors (Lipinski definition) is 3. The highest BCUT2D eigenvalue weighted by Crippen LogP contribution is 2.40. The minimum atomic E-state index is -3.61. The standard InChI is InChI=1S/C23H24N4O4S2/c1-3-33(30,31)20-10-17(16-8-6-15(7-9-16)14-4-5-14)12-25-22(20)27-26-19-11-21(32-2)24-13-18(19)23(28)29/h6-14H,3-5H2,1-2H3,(H,24,26)(H,25,27)(H,28,29). The predicted octanol–water partition coefficient (Wildman–Crippen LogP) is 4.67. The van der Waals surface area contributed by atoms with E-state index < -0.39 is 15.8 Å². The Kier molecular flexibility index (Phi) is 6.57. The molecule has 1 saturated carbocycles. The number of carboxylic acids is 1. The van der Waals surface area contributed by atoms with Crippen molar-refractivity contribution in [2.75, 3.05) is 22.9 Å². The molecule has 1 fully saturated rings. The first-order chi connectivity index (χ1) is 15.8. The van der Waals surface area contributed by atoms with Crippen LogP contribution in [0.15, 0.2) is 58.7 Å². The highest BCUT2D eigenvalue weighted by atomic mass is 32.2. The van der Waals surface area contributed by atoms with Crippen molar-refractivity contribution in [3.63, 3.8) is 0 Å². The summed E-state index contributed by atoms with van der Waals surface area (Å²) in [5.74, 6) is -0.520. The normalized spacial score (nSPS) is 13.5. The number of sulfone groups is 1. The molecule has 0 unspecified atom stereocenters. The first kappa shape index (κ1) is 23.1. The molecular formula is C23H24N4O4S2. The smallest absolute Gasteiger partial charge is 0.339 e. The van der Waals surface area contributed by atoms with Crippen LogP contribution in [0.3, 0.4) is 0 Å². The zero-order valence-corrected chi connectivity index (χ0v) is 19.8. The van der Waals surface area contributed by atoms with Crippen LogP contribution in [0.25, 0.3) is 11.1 Å². The van der Waals surface area contributed by atoms with E-state index in [2.05, 4.69) is 33.0 Å². The Morgan fingerprint density at radius 1 is 1.09 bits per heavy atom. The minimum absolute atomic E-state index is 0.0392. The maximum absolute atomic E-state index is 12.8. The van der Waals surface area contributed by atoms with Crippen LogP contribution in [-0.4, -0.2) is 41.5 Å². The number of rotatable bonds is 9. The summed E-state index contributed by atoms with van der Waals surface area (Å²) >= 11 is 1.36. The van der Waals surface area contributed by atoms with Gasteiger partial charge in [-0.15, -0.1) is 11.8 Å². The molecule has 0 amide bonds. The monoisotopic (exact) mass is 484 g/mol. The highest BCUT2D eigenvalue weighted by Gasteiger charge is 2.24. The van der Waals surface area contributed by atoms with Crippen LogP contribution in [0.2, 0.25) is 0 Å². The number of carbonyl (C=O) groups is 1. The topological polar surface area (TPSA) is 121 Å². The molecule has 0 saturated heterocycles. The fourth-order valence-corrected chi connectivity index (χ4v) is 4.81. The Morgan fingerprint density at radius 2 is 1.82 bits per heavy atom. The Balaban J connectivity index is 1.66. The average molecular weight is 485 g/mol. The zero-order chi connectivity index (χ0) is 23.6. The maximum Gasteiger partial charge on any atom is 0.339 e. The lowest BCUT2D eigenvalue weighted by atomic mass is 10.0. The van der Waals surface area contributed by atoms with Gasteiger partial charge in [0.15, 0.2) is 15.7 Å². The molecule has 172 valence electrons. The number of nitrogens with one attached hydrogen (secondary N) is 2. The van der Waals surface area contributed by atoms with Gasteiger partial charge < -0.3 is 5.11 Å². The zero-order valence-electron chi connectivity index (χ0n) is 18.2. The van der Waals surface area contributed by atoms with Crippen molar-refractivity contribution in [2.24, 2.45) is 0 Å². The first-order valence-corrected chi connectivity index (χ1v) is 13.3. The fourth-order valence-electron chi connectivity index (χ4n) is 3.40. The van der Waals surface area contributed by atoms with Gasteiger partial charge in [-0.05, 0) is 48.3 Å². The molecule has 1 aromatic carbocycles. The molecule has 1 aliphatic rings. The van der Waals surface area contributed by atoms with Crippen molar-refractivity contribution in [1.29, 1.82) is 0 Å². The molecule has 0 spiro atoms. The summed E-state index contributed by atoms with van der Waals surface area (Å²) in [6.07, 6.45) is 7.11. The van der Waals surface area contributed by atoms with E-state index >= 15 is 0 Å². The number of nitrogens with zero attached hydrogens (tertiary/aromatic N) is 2. The van der Waals surface area contributed by atoms with Crippen molar-refractivity contribution in [3.8, 4) is 11.1 Å². The molecule has 3 N–H and O–H groups in total. The van der Waals surface area contributed by atoms with Gasteiger partial charge in [0.1, 0.15) is 10.5 Å². The van der Waals surface area contributed by atoms with Crippen molar-refractivity contribution in [2.45, 2.75) is 35.6 Å². The summed E-state index contributed by atoms with van der Waals surface area (Å²) in [4.78, 5) is 20.0. The van der Waals surface area contributed by atoms with E-state index in [-0.39, 0.29) is 27.7 Å². The molecule has 2 aromatic heterocycles. The number of aromatic nitrogens is 2. The van der Waals surface area contributed by atoms with Gasteiger partial charge in [0.05, 0.1) is 16.5 Å². The highest BCUT2D eigenvalue weighted by molar-refractivity contribution is 7.98. The molecule has 0 bridgehead atoms. The summed E-state index contributed by atoms with van der Waals surface area (Å²) in [5.41, 5.74) is 8.66. The van der Waals surface area contributed by atoms with Gasteiger partial charge in [-0.25, -0.2) is 23.2 Å². The number of benzene rings is 1. The first-order valence-electron chi connectivity index (χ1n) is 10.4. The Labute approximate surface area is 196 Å². The number of aromatic carboxylic acids is 1. The molecule has 10 heteroatoms. The van der Waals surface area contributed by atoms with Crippen LogP contribution in [0.4, 0.5) is 11.5 Å². The van der Waals surface area contributed by atoms with Crippen molar-refractivity contribution >= 4 is 39.1 Å². The molecule has 8 nitrogen and oxygen atoms in total. The second kappa shape index (κ2) is 9.40. The minimum Gasteiger partial charge on any atom is -0.478 e. The lowest BCUT2D eigenvalue weighted by Gasteiger charge is -2.16. The molecule has 0 aliphatic heterocycles. The van der Waals surface area contributed by atoms with E-state index in [0.29, 0.717) is 16.5 Å². The van der Waals surface area contributed by atoms with Crippen molar-refractivity contribution in [3.05, 3.63) is 59.9 Å². The largest absolute Gasteiger partial charge is 0.478 e. The molecule has 3 aromatic rings. The second-order valence-corrected chi connectivity index (χ2v) is 10.8. The third kappa shape index (κ3) is 5.12. The maximum atomic E-state index is 12.8. The number of carboxylic acid groups (broad SMARTS) is 1. The SMILES string of the molecule is CCS(=O)(=O)c1cc(-c2ccc(C3CC3)cc2)cnc1NNc1cc(SC)ncc1C(=O)O. The molecular weight excluding hydrogens is 460 g/mol. The van der Waals surface area contributed by atoms with Crippen LogP contribution in [0.5, 0.6) is 0 Å². The quantitative estimate of drug-likeness (QED) is 0.294. The second-order valence-electron chi connectivity index (χ2n) is 7.70. The van der Waals surface area contributed by atoms with Gasteiger partial charge in [-0.2, -0.15) is 0 Å². The van der Waals surface area contributed by atoms with E-state index in [9.17, 15) is 18.3 Å². The summed E-state index contributed by atoms with van der Waals surface area (Å²) in [5, 5.41) is 10.1. The Morgan fingerprint density at radius 3 is 2.42 bits per heavy atom. The van der Waals surface area contributed by atoms with Crippen molar-refractivity contribution < 1.29 is 18.3 Å². The lowest BCUT2D eigenvalue weighted by Crippen LogP contribution is -2.17. The van der Waals surface area contributed by atoms with E-state index in [4.69, 9.17) is 0 Å². The number of pyridine rings is 2. The van der Waals surface area contributed by atoms with E-state index in [1.54, 1.807) is 25.3 Å². The van der Waals surface area contributed by atoms with Gasteiger partial charge in [0.25, 0.3) is 0 Å². The van der Waals surface area contributed by atoms with E-state index in [1.165, 1.54) is 36.4 Å². The molecule has 0 radical (unpaired) electrons. The van der Waals surface area contributed by atoms with E-state index in [0.717, 1.165) is 5.56 Å². The van der Waals surface area contributed by atoms with E-state index in [1.807, 2.05) is 18.4 Å². The molecule has 2 heterocycles. The molecule has 4 rings (SSSR count). The van der Waals surface area contributed by atoms with Gasteiger partial charge in [-0.3, -0.25) is 10.9 Å². The lowest BCUT2D eigenvalue weighted by molar-refractivity contribution is 0.0697. The van der Waals surface area contributed by atoms with Gasteiger partial charge >= 0.3 is 5.97 Å². The van der Waals surface area contributed by atoms with Crippen LogP contribution in [-0.2, 0) is 9.84 Å². The third-order valence-corrected chi connectivity index (χ3v) is 7.88. The van der Waals surface area contributed by atoms with Crippen LogP contribution in [0, 0.1) is 0 Å². The molecule has 1 aliphatic carbocycles. The van der Waals surface area contributed by atoms with Crippen LogP contribution >= 0.6 is 11.8 Å². The van der Waals surface area contributed by atoms with Gasteiger partial charge in [0, 0.05) is 18.0 Å². The fraction of sp³-hybridized carbons (Fsp3) is 0.261. The summed E-state index contributed by atoms with van der Waals surface area (Å²) in [7, 11) is -3.61. The number of thioether (sulfide) groups is 1. The van der Waals surface area contributed by atoms with Crippen LogP contribution < -0.4 is 10.9 Å². The van der Waals surface area contributed by atoms with Crippen LogP contribution in [0.1, 0.15) is 41.6 Å². The predicted molar refractivity (Wildman–Crippen MR) is 130 cm³/mol.